The number of anilines is 1. The Labute approximate surface area is 168 Å². The van der Waals surface area contributed by atoms with Crippen LogP contribution in [0.2, 0.25) is 0 Å². The number of carbonyl (C=O) groups excluding carboxylic acids is 1. The Balaban J connectivity index is 1.73. The van der Waals surface area contributed by atoms with Crippen LogP contribution < -0.4 is 4.90 Å². The Morgan fingerprint density at radius 1 is 1.29 bits per heavy atom. The first-order valence-corrected chi connectivity index (χ1v) is 10.2. The Morgan fingerprint density at radius 2 is 2.07 bits per heavy atom. The van der Waals surface area contributed by atoms with Crippen molar-refractivity contribution in [3.63, 3.8) is 0 Å². The predicted octanol–water partition coefficient (Wildman–Crippen LogP) is 4.61. The van der Waals surface area contributed by atoms with Gasteiger partial charge in [-0.1, -0.05) is 17.4 Å². The van der Waals surface area contributed by atoms with Gasteiger partial charge in [-0.2, -0.15) is 5.26 Å². The van der Waals surface area contributed by atoms with Gasteiger partial charge in [0.1, 0.15) is 0 Å². The summed E-state index contributed by atoms with van der Waals surface area (Å²) in [5, 5.41) is 9.69. The molecule has 1 atom stereocenters. The first kappa shape index (κ1) is 18.6. The first-order valence-electron chi connectivity index (χ1n) is 9.37. The summed E-state index contributed by atoms with van der Waals surface area (Å²) in [6.07, 6.45) is 1.99. The topological polar surface area (TPSA) is 66.2 Å². The molecule has 1 aliphatic rings. The maximum absolute atomic E-state index is 13.3. The molecular weight excluding hydrogens is 370 g/mol. The molecule has 28 heavy (non-hydrogen) atoms. The molecule has 1 unspecified atom stereocenters. The fourth-order valence-corrected chi connectivity index (χ4v) is 4.45. The third kappa shape index (κ3) is 3.51. The molecule has 1 saturated heterocycles. The molecule has 2 heterocycles. The normalized spacial score (nSPS) is 16.2. The van der Waals surface area contributed by atoms with Crippen molar-refractivity contribution in [2.24, 2.45) is 0 Å². The smallest absolute Gasteiger partial charge is 0.260 e. The summed E-state index contributed by atoms with van der Waals surface area (Å²) in [4.78, 5) is 19.9. The lowest BCUT2D eigenvalue weighted by Gasteiger charge is -2.23. The van der Waals surface area contributed by atoms with Gasteiger partial charge in [0.15, 0.2) is 5.13 Å². The van der Waals surface area contributed by atoms with Crippen LogP contribution in [0.4, 0.5) is 5.13 Å². The molecule has 1 aliphatic heterocycles. The molecule has 0 bridgehead atoms. The van der Waals surface area contributed by atoms with Gasteiger partial charge >= 0.3 is 0 Å². The minimum atomic E-state index is -0.117. The number of rotatable bonds is 4. The number of aryl methyl sites for hydroxylation is 2. The van der Waals surface area contributed by atoms with E-state index in [-0.39, 0.29) is 12.0 Å². The molecule has 1 amide bonds. The van der Waals surface area contributed by atoms with Crippen LogP contribution in [-0.2, 0) is 4.74 Å². The summed E-state index contributed by atoms with van der Waals surface area (Å²) in [5.41, 5.74) is 4.36. The van der Waals surface area contributed by atoms with Gasteiger partial charge in [0.05, 0.1) is 34.5 Å². The molecule has 4 rings (SSSR count). The highest BCUT2D eigenvalue weighted by atomic mass is 32.1. The summed E-state index contributed by atoms with van der Waals surface area (Å²) in [6, 6.07) is 13.0. The van der Waals surface area contributed by atoms with E-state index in [9.17, 15) is 4.79 Å². The maximum Gasteiger partial charge on any atom is 0.260 e. The molecule has 3 aromatic rings. The lowest BCUT2D eigenvalue weighted by Crippen LogP contribution is -2.37. The lowest BCUT2D eigenvalue weighted by atomic mass is 10.1. The van der Waals surface area contributed by atoms with E-state index in [0.29, 0.717) is 22.8 Å². The number of fused-ring (bicyclic) bond motifs is 1. The number of nitrogens with zero attached hydrogens (tertiary/aromatic N) is 3. The summed E-state index contributed by atoms with van der Waals surface area (Å²) in [7, 11) is 0. The van der Waals surface area contributed by atoms with Crippen LogP contribution in [0.5, 0.6) is 0 Å². The number of carbonyl (C=O) groups is 1. The number of ether oxygens (including phenoxy) is 1. The highest BCUT2D eigenvalue weighted by Crippen LogP contribution is 2.33. The average molecular weight is 391 g/mol. The van der Waals surface area contributed by atoms with E-state index in [1.807, 2.05) is 0 Å². The van der Waals surface area contributed by atoms with Crippen LogP contribution in [0.15, 0.2) is 36.4 Å². The summed E-state index contributed by atoms with van der Waals surface area (Å²) in [6.45, 7) is 5.35. The van der Waals surface area contributed by atoms with E-state index >= 15 is 0 Å². The third-order valence-electron chi connectivity index (χ3n) is 5.22. The van der Waals surface area contributed by atoms with Crippen molar-refractivity contribution in [3.05, 3.63) is 58.7 Å². The van der Waals surface area contributed by atoms with Crippen LogP contribution in [-0.4, -0.2) is 30.1 Å². The summed E-state index contributed by atoms with van der Waals surface area (Å²) in [5.74, 6) is -0.117. The molecule has 6 heteroatoms. The molecule has 0 aliphatic carbocycles. The molecule has 1 fully saturated rings. The van der Waals surface area contributed by atoms with Crippen molar-refractivity contribution < 1.29 is 9.53 Å². The highest BCUT2D eigenvalue weighted by Gasteiger charge is 2.27. The minimum Gasteiger partial charge on any atom is -0.376 e. The number of nitriles is 1. The number of hydrogen-bond acceptors (Lipinski definition) is 5. The monoisotopic (exact) mass is 391 g/mol. The maximum atomic E-state index is 13.3. The van der Waals surface area contributed by atoms with Crippen molar-refractivity contribution in [1.82, 2.24) is 4.98 Å². The zero-order chi connectivity index (χ0) is 19.7. The van der Waals surface area contributed by atoms with E-state index in [2.05, 4.69) is 32.0 Å². The number of amides is 1. The zero-order valence-electron chi connectivity index (χ0n) is 15.9. The zero-order valence-corrected chi connectivity index (χ0v) is 16.8. The van der Waals surface area contributed by atoms with Crippen LogP contribution in [0.1, 0.15) is 39.9 Å². The second-order valence-electron chi connectivity index (χ2n) is 7.09. The van der Waals surface area contributed by atoms with E-state index < -0.39 is 0 Å². The van der Waals surface area contributed by atoms with Crippen LogP contribution in [0.25, 0.3) is 10.2 Å². The Morgan fingerprint density at radius 3 is 2.75 bits per heavy atom. The van der Waals surface area contributed by atoms with Crippen LogP contribution in [0, 0.1) is 25.2 Å². The highest BCUT2D eigenvalue weighted by molar-refractivity contribution is 7.22. The first-order chi connectivity index (χ1) is 13.6. The Hall–Kier alpha value is -2.75. The van der Waals surface area contributed by atoms with Crippen molar-refractivity contribution in [2.45, 2.75) is 32.8 Å². The van der Waals surface area contributed by atoms with E-state index in [1.165, 1.54) is 16.9 Å². The summed E-state index contributed by atoms with van der Waals surface area (Å²) >= 11 is 1.53. The molecule has 5 nitrogen and oxygen atoms in total. The average Bonchev–Trinajstić information content (AvgIpc) is 3.38. The molecule has 142 valence electrons. The number of thiazole rings is 1. The second-order valence-corrected chi connectivity index (χ2v) is 8.10. The minimum absolute atomic E-state index is 0.0252. The van der Waals surface area contributed by atoms with E-state index in [1.54, 1.807) is 29.2 Å². The van der Waals surface area contributed by atoms with Crippen molar-refractivity contribution in [1.29, 1.82) is 5.26 Å². The fourth-order valence-electron chi connectivity index (χ4n) is 3.41. The molecule has 0 radical (unpaired) electrons. The Bertz CT molecular complexity index is 1060. The van der Waals surface area contributed by atoms with Gasteiger partial charge in [0.25, 0.3) is 5.91 Å². The molecule has 0 saturated carbocycles. The van der Waals surface area contributed by atoms with Gasteiger partial charge in [-0.05, 0) is 68.1 Å². The fraction of sp³-hybridized carbons (Fsp3) is 0.318. The van der Waals surface area contributed by atoms with Gasteiger partial charge in [-0.25, -0.2) is 4.98 Å². The van der Waals surface area contributed by atoms with Gasteiger partial charge in [-0.15, -0.1) is 0 Å². The van der Waals surface area contributed by atoms with Crippen molar-refractivity contribution in [3.8, 4) is 6.07 Å². The van der Waals surface area contributed by atoms with E-state index in [0.717, 1.165) is 35.2 Å². The van der Waals surface area contributed by atoms with Crippen molar-refractivity contribution in [2.75, 3.05) is 18.1 Å². The molecule has 0 spiro atoms. The number of aromatic nitrogens is 1. The quantitative estimate of drug-likeness (QED) is 0.651. The predicted molar refractivity (Wildman–Crippen MR) is 111 cm³/mol. The standard InChI is InChI=1S/C22H21N3O2S/c1-14-5-10-19-20(15(14)2)24-22(28-19)25(13-18-4-3-11-27-18)21(26)17-8-6-16(12-23)7-9-17/h5-10,18H,3-4,11,13H2,1-2H3. The van der Waals surface area contributed by atoms with Crippen LogP contribution in [0.3, 0.4) is 0 Å². The largest absolute Gasteiger partial charge is 0.376 e. The second kappa shape index (κ2) is 7.70. The van der Waals surface area contributed by atoms with Gasteiger partial charge in [0.2, 0.25) is 0 Å². The molecule has 1 aromatic heterocycles. The SMILES string of the molecule is Cc1ccc2sc(N(CC3CCCO3)C(=O)c3ccc(C#N)cc3)nc2c1C. The lowest BCUT2D eigenvalue weighted by molar-refractivity contribution is 0.0917. The van der Waals surface area contributed by atoms with E-state index in [4.69, 9.17) is 15.0 Å². The van der Waals surface area contributed by atoms with Gasteiger partial charge < -0.3 is 4.74 Å². The molecule has 2 aromatic carbocycles. The molecule has 0 N–H and O–H groups in total. The van der Waals surface area contributed by atoms with Crippen LogP contribution >= 0.6 is 11.3 Å². The summed E-state index contributed by atoms with van der Waals surface area (Å²) < 4.78 is 6.86. The molecular formula is C22H21N3O2S. The number of hydrogen-bond donors (Lipinski definition) is 0. The van der Waals surface area contributed by atoms with Gasteiger partial charge in [0, 0.05) is 12.2 Å². The van der Waals surface area contributed by atoms with Crippen molar-refractivity contribution >= 4 is 32.6 Å². The number of benzene rings is 2. The Kier molecular flexibility index (Phi) is 5.12. The van der Waals surface area contributed by atoms with Gasteiger partial charge in [-0.3, -0.25) is 9.69 Å². The third-order valence-corrected chi connectivity index (χ3v) is 6.26.